The van der Waals surface area contributed by atoms with E-state index in [2.05, 4.69) is 9.72 Å². The number of aromatic amines is 1. The number of hydrogen-bond donors (Lipinski definition) is 3. The molecule has 0 aliphatic rings. The first-order valence-electron chi connectivity index (χ1n) is 8.66. The number of aromatic hydroxyl groups is 1. The molecule has 0 radical (unpaired) electrons. The number of aryl methyl sites for hydroxylation is 1. The Hall–Kier alpha value is -3.88. The minimum absolute atomic E-state index is 0.0906. The third kappa shape index (κ3) is 3.49. The summed E-state index contributed by atoms with van der Waals surface area (Å²) in [4.78, 5) is 51.5. The lowest BCUT2D eigenvalue weighted by atomic mass is 9.87. The number of fused-ring (bicyclic) bond motifs is 1. The van der Waals surface area contributed by atoms with E-state index in [4.69, 9.17) is 5.73 Å². The van der Waals surface area contributed by atoms with Crippen LogP contribution in [0.1, 0.15) is 33.8 Å². The molecule has 1 atom stereocenters. The van der Waals surface area contributed by atoms with Gasteiger partial charge in [0.05, 0.1) is 18.2 Å². The van der Waals surface area contributed by atoms with Crippen LogP contribution in [0.2, 0.25) is 0 Å². The topological polar surface area (TPSA) is 144 Å². The maximum Gasteiger partial charge on any atom is 0.343 e. The first-order chi connectivity index (χ1) is 13.8. The number of nitrogens with zero attached hydrogens (tertiary/aromatic N) is 1. The Balaban J connectivity index is 2.35. The van der Waals surface area contributed by atoms with Gasteiger partial charge in [-0.25, -0.2) is 4.79 Å². The van der Waals surface area contributed by atoms with Gasteiger partial charge in [0.15, 0.2) is 0 Å². The molecule has 1 aromatic carbocycles. The summed E-state index contributed by atoms with van der Waals surface area (Å²) in [5.74, 6) is -3.50. The summed E-state index contributed by atoms with van der Waals surface area (Å²) in [6, 6.07) is 8.63. The quantitative estimate of drug-likeness (QED) is 0.541. The zero-order chi connectivity index (χ0) is 21.3. The van der Waals surface area contributed by atoms with Crippen LogP contribution in [-0.4, -0.2) is 33.6 Å². The van der Waals surface area contributed by atoms with Crippen molar-refractivity contribution in [1.29, 1.82) is 0 Å². The number of nitrogens with two attached hydrogens (primary N) is 1. The fraction of sp³-hybridized carbons (Fsp3) is 0.200. The molecular weight excluding hydrogens is 378 g/mol. The Morgan fingerprint density at radius 1 is 1.28 bits per heavy atom. The van der Waals surface area contributed by atoms with Crippen LogP contribution in [0.5, 0.6) is 5.75 Å². The summed E-state index contributed by atoms with van der Waals surface area (Å²) in [7, 11) is 2.68. The summed E-state index contributed by atoms with van der Waals surface area (Å²) in [5.41, 5.74) is 4.29. The smallest absolute Gasteiger partial charge is 0.343 e. The van der Waals surface area contributed by atoms with E-state index in [-0.39, 0.29) is 16.7 Å². The van der Waals surface area contributed by atoms with E-state index in [1.165, 1.54) is 4.57 Å². The van der Waals surface area contributed by atoms with Crippen LogP contribution in [-0.2, 0) is 16.6 Å². The zero-order valence-electron chi connectivity index (χ0n) is 15.8. The highest BCUT2D eigenvalue weighted by atomic mass is 16.5. The van der Waals surface area contributed by atoms with Crippen LogP contribution < -0.4 is 16.9 Å². The van der Waals surface area contributed by atoms with Gasteiger partial charge in [0.1, 0.15) is 11.3 Å². The van der Waals surface area contributed by atoms with E-state index in [1.807, 2.05) is 0 Å². The van der Waals surface area contributed by atoms with Crippen molar-refractivity contribution in [3.63, 3.8) is 0 Å². The van der Waals surface area contributed by atoms with Gasteiger partial charge in [-0.1, -0.05) is 18.2 Å². The van der Waals surface area contributed by atoms with Crippen LogP contribution in [0, 0.1) is 0 Å². The number of H-pyrrole nitrogens is 1. The van der Waals surface area contributed by atoms with E-state index in [9.17, 15) is 24.3 Å². The van der Waals surface area contributed by atoms with Gasteiger partial charge in [-0.3, -0.25) is 14.4 Å². The number of hydrogen-bond acceptors (Lipinski definition) is 6. The summed E-state index contributed by atoms with van der Waals surface area (Å²) in [5, 5.41) is 11.3. The number of benzene rings is 1. The van der Waals surface area contributed by atoms with Crippen LogP contribution in [0.25, 0.3) is 10.9 Å². The SMILES string of the molecule is COC(=O)c1c[nH]c(=O)c([C@@H](CC(N)=O)c2cc3ccccc3n(C)c2=O)c1O. The molecule has 0 bridgehead atoms. The molecule has 3 rings (SSSR count). The number of carbonyl (C=O) groups excluding carboxylic acids is 2. The van der Waals surface area contributed by atoms with Crippen molar-refractivity contribution in [2.24, 2.45) is 12.8 Å². The number of ether oxygens (including phenoxy) is 1. The number of esters is 1. The maximum absolute atomic E-state index is 13.0. The Morgan fingerprint density at radius 3 is 2.62 bits per heavy atom. The number of nitrogens with one attached hydrogen (secondary N) is 1. The van der Waals surface area contributed by atoms with Crippen molar-refractivity contribution < 1.29 is 19.4 Å². The van der Waals surface area contributed by atoms with E-state index < -0.39 is 41.1 Å². The highest BCUT2D eigenvalue weighted by molar-refractivity contribution is 5.92. The first-order valence-corrected chi connectivity index (χ1v) is 8.66. The molecule has 0 aliphatic carbocycles. The number of rotatable bonds is 5. The van der Waals surface area contributed by atoms with E-state index >= 15 is 0 Å². The van der Waals surface area contributed by atoms with Gasteiger partial charge in [0.2, 0.25) is 5.91 Å². The average Bonchev–Trinajstić information content (AvgIpc) is 2.69. The fourth-order valence-electron chi connectivity index (χ4n) is 3.39. The lowest BCUT2D eigenvalue weighted by Gasteiger charge is -2.19. The molecule has 150 valence electrons. The van der Waals surface area contributed by atoms with Crippen molar-refractivity contribution in [1.82, 2.24) is 9.55 Å². The molecule has 0 fully saturated rings. The summed E-state index contributed by atoms with van der Waals surface area (Å²) < 4.78 is 5.98. The number of methoxy groups -OCH3 is 1. The van der Waals surface area contributed by atoms with E-state index in [0.29, 0.717) is 10.9 Å². The number of primary amides is 1. The molecule has 0 saturated heterocycles. The van der Waals surface area contributed by atoms with E-state index in [0.717, 1.165) is 13.3 Å². The minimum atomic E-state index is -1.16. The molecule has 9 heteroatoms. The molecule has 3 aromatic rings. The second-order valence-electron chi connectivity index (χ2n) is 6.53. The molecule has 29 heavy (non-hydrogen) atoms. The van der Waals surface area contributed by atoms with Gasteiger partial charge in [0.25, 0.3) is 11.1 Å². The third-order valence-electron chi connectivity index (χ3n) is 4.80. The van der Waals surface area contributed by atoms with Gasteiger partial charge in [-0.05, 0) is 17.5 Å². The molecule has 0 spiro atoms. The molecular formula is C20H19N3O6. The Labute approximate surface area is 164 Å². The number of para-hydroxylation sites is 1. The number of aromatic nitrogens is 2. The Kier molecular flexibility index (Phi) is 5.22. The van der Waals surface area contributed by atoms with Crippen molar-refractivity contribution in [3.8, 4) is 5.75 Å². The second-order valence-corrected chi connectivity index (χ2v) is 6.53. The van der Waals surface area contributed by atoms with Gasteiger partial charge < -0.3 is 25.1 Å². The van der Waals surface area contributed by atoms with Crippen LogP contribution >= 0.6 is 0 Å². The van der Waals surface area contributed by atoms with Crippen LogP contribution in [0.15, 0.2) is 46.1 Å². The molecule has 2 aromatic heterocycles. The predicted octanol–water partition coefficient (Wildman–Crippen LogP) is 0.726. The second kappa shape index (κ2) is 7.63. The Morgan fingerprint density at radius 2 is 1.97 bits per heavy atom. The number of amides is 1. The molecule has 2 heterocycles. The summed E-state index contributed by atoms with van der Waals surface area (Å²) in [6.45, 7) is 0. The lowest BCUT2D eigenvalue weighted by Crippen LogP contribution is -2.30. The van der Waals surface area contributed by atoms with Crippen molar-refractivity contribution in [2.75, 3.05) is 7.11 Å². The zero-order valence-corrected chi connectivity index (χ0v) is 15.8. The molecule has 0 saturated carbocycles. The molecule has 9 nitrogen and oxygen atoms in total. The monoisotopic (exact) mass is 397 g/mol. The van der Waals surface area contributed by atoms with Gasteiger partial charge in [0, 0.05) is 31.1 Å². The largest absolute Gasteiger partial charge is 0.506 e. The van der Waals surface area contributed by atoms with Crippen molar-refractivity contribution >= 4 is 22.8 Å². The Bertz CT molecular complexity index is 1240. The highest BCUT2D eigenvalue weighted by Crippen LogP contribution is 2.33. The van der Waals surface area contributed by atoms with E-state index in [1.54, 1.807) is 37.4 Å². The lowest BCUT2D eigenvalue weighted by molar-refractivity contribution is -0.118. The predicted molar refractivity (Wildman–Crippen MR) is 105 cm³/mol. The van der Waals surface area contributed by atoms with Crippen molar-refractivity contribution in [2.45, 2.75) is 12.3 Å². The standard InChI is InChI=1S/C20H19N3O6/c1-23-14-6-4-3-5-10(14)7-12(19(23)27)11(8-15(21)24)16-17(25)13(20(28)29-2)9-22-18(16)26/h3-7,9,11H,8H2,1-2H3,(H2,21,24)(H2,22,25,26)/t11-/m0/s1. The van der Waals surface area contributed by atoms with Gasteiger partial charge in [-0.2, -0.15) is 0 Å². The number of carbonyl (C=O) groups is 2. The van der Waals surface area contributed by atoms with Crippen LogP contribution in [0.3, 0.4) is 0 Å². The average molecular weight is 397 g/mol. The molecule has 1 amide bonds. The van der Waals surface area contributed by atoms with Gasteiger partial charge >= 0.3 is 5.97 Å². The minimum Gasteiger partial charge on any atom is -0.506 e. The fourth-order valence-corrected chi connectivity index (χ4v) is 3.39. The number of pyridine rings is 2. The summed E-state index contributed by atoms with van der Waals surface area (Å²) >= 11 is 0. The first kappa shape index (κ1) is 19.9. The van der Waals surface area contributed by atoms with Gasteiger partial charge in [-0.15, -0.1) is 0 Å². The third-order valence-corrected chi connectivity index (χ3v) is 4.80. The van der Waals surface area contributed by atoms with Crippen LogP contribution in [0.4, 0.5) is 0 Å². The summed E-state index contributed by atoms with van der Waals surface area (Å²) in [6.07, 6.45) is 0.585. The highest BCUT2D eigenvalue weighted by Gasteiger charge is 2.29. The molecule has 0 unspecified atom stereocenters. The molecule has 4 N–H and O–H groups in total. The normalized spacial score (nSPS) is 11.9. The maximum atomic E-state index is 13.0. The van der Waals surface area contributed by atoms with Crippen molar-refractivity contribution in [3.05, 3.63) is 73.9 Å². The molecule has 0 aliphatic heterocycles.